The molecule has 1 aromatic heterocycles. The molecule has 4 aromatic rings. The highest BCUT2D eigenvalue weighted by molar-refractivity contribution is 6.31. The molecule has 2 saturated carbocycles. The average Bonchev–Trinajstić information content (AvgIpc) is 3.70. The highest BCUT2D eigenvalue weighted by Gasteiger charge is 2.61. The van der Waals surface area contributed by atoms with Crippen LogP contribution in [0.2, 0.25) is 5.02 Å². The zero-order chi connectivity index (χ0) is 28.9. The second-order valence-corrected chi connectivity index (χ2v) is 13.0. The minimum atomic E-state index is -0.682. The quantitative estimate of drug-likeness (QED) is 0.171. The fraction of sp³-hybridized carbons (Fsp3) is 0.361. The Hall–Kier alpha value is -3.26. The van der Waals surface area contributed by atoms with Crippen molar-refractivity contribution in [2.45, 2.75) is 55.6 Å². The van der Waals surface area contributed by atoms with E-state index in [1.54, 1.807) is 0 Å². The number of hydrogen-bond acceptors (Lipinski definition) is 6. The Kier molecular flexibility index (Phi) is 7.00. The van der Waals surface area contributed by atoms with Gasteiger partial charge in [0, 0.05) is 60.7 Å². The summed E-state index contributed by atoms with van der Waals surface area (Å²) in [7, 11) is 0. The van der Waals surface area contributed by atoms with E-state index >= 15 is 0 Å². The molecule has 3 aliphatic carbocycles. The molecule has 4 aliphatic rings. The van der Waals surface area contributed by atoms with Crippen molar-refractivity contribution in [2.24, 2.45) is 11.8 Å². The molecule has 3 aromatic carbocycles. The van der Waals surface area contributed by atoms with Gasteiger partial charge in [-0.15, -0.1) is 0 Å². The van der Waals surface area contributed by atoms with Gasteiger partial charge in [0.2, 0.25) is 5.79 Å². The summed E-state index contributed by atoms with van der Waals surface area (Å²) >= 11 is 6.15. The number of rotatable bonds is 7. The molecule has 1 spiro atoms. The molecule has 220 valence electrons. The second-order valence-electron chi connectivity index (χ2n) is 12.6. The molecular formula is C36H36ClN3O3. The first kappa shape index (κ1) is 27.3. The number of fused-ring (bicyclic) bond motifs is 3. The SMILES string of the molecule is Clc1ccc2c(NCCNC3C[C@@H]4CC5(C[C@@H]4C3)OO[C@@]3(c4ccccc4)CC(c4ccccc4)=C[C@H]3O5)ccnc2c1. The number of ether oxygens (including phenoxy) is 1. The van der Waals surface area contributed by atoms with Crippen LogP contribution in [-0.2, 0) is 20.1 Å². The first-order chi connectivity index (χ1) is 21.1. The summed E-state index contributed by atoms with van der Waals surface area (Å²) in [6, 6.07) is 29.3. The topological polar surface area (TPSA) is 64.6 Å². The van der Waals surface area contributed by atoms with Gasteiger partial charge in [0.15, 0.2) is 5.60 Å². The lowest BCUT2D eigenvalue weighted by molar-refractivity contribution is -0.525. The highest BCUT2D eigenvalue weighted by Crippen LogP contribution is 2.58. The summed E-state index contributed by atoms with van der Waals surface area (Å²) < 4.78 is 6.96. The summed E-state index contributed by atoms with van der Waals surface area (Å²) in [5, 5.41) is 9.16. The predicted molar refractivity (Wildman–Crippen MR) is 169 cm³/mol. The highest BCUT2D eigenvalue weighted by atomic mass is 35.5. The number of nitrogens with one attached hydrogen (secondary N) is 2. The minimum absolute atomic E-state index is 0.196. The molecule has 6 atom stereocenters. The number of hydrogen-bond donors (Lipinski definition) is 2. The Balaban J connectivity index is 0.901. The van der Waals surface area contributed by atoms with Gasteiger partial charge in [0.25, 0.3) is 0 Å². The Morgan fingerprint density at radius 3 is 2.42 bits per heavy atom. The van der Waals surface area contributed by atoms with Gasteiger partial charge in [-0.1, -0.05) is 72.3 Å². The summed E-state index contributed by atoms with van der Waals surface area (Å²) in [4.78, 5) is 17.3. The Morgan fingerprint density at radius 2 is 1.63 bits per heavy atom. The molecule has 1 aliphatic heterocycles. The van der Waals surface area contributed by atoms with Crippen LogP contribution < -0.4 is 10.6 Å². The fourth-order valence-electron chi connectivity index (χ4n) is 7.93. The average molecular weight is 594 g/mol. The van der Waals surface area contributed by atoms with Gasteiger partial charge in [-0.25, -0.2) is 4.89 Å². The lowest BCUT2D eigenvalue weighted by Gasteiger charge is -2.46. The molecule has 3 fully saturated rings. The van der Waals surface area contributed by atoms with Crippen molar-refractivity contribution < 1.29 is 14.5 Å². The molecule has 0 radical (unpaired) electrons. The Bertz CT molecular complexity index is 1630. The van der Waals surface area contributed by atoms with E-state index in [1.165, 1.54) is 11.1 Å². The van der Waals surface area contributed by atoms with Crippen LogP contribution in [0.5, 0.6) is 0 Å². The lowest BCUT2D eigenvalue weighted by Crippen LogP contribution is -2.53. The van der Waals surface area contributed by atoms with Crippen molar-refractivity contribution in [3.8, 4) is 0 Å². The van der Waals surface area contributed by atoms with E-state index in [9.17, 15) is 0 Å². The van der Waals surface area contributed by atoms with Crippen molar-refractivity contribution >= 4 is 33.8 Å². The van der Waals surface area contributed by atoms with Crippen LogP contribution in [0.25, 0.3) is 16.5 Å². The van der Waals surface area contributed by atoms with Crippen LogP contribution >= 0.6 is 11.6 Å². The lowest BCUT2D eigenvalue weighted by atomic mass is 9.87. The first-order valence-corrected chi connectivity index (χ1v) is 15.8. The summed E-state index contributed by atoms with van der Waals surface area (Å²) in [5.41, 5.74) is 4.87. The molecule has 8 rings (SSSR count). The second kappa shape index (κ2) is 11.0. The summed E-state index contributed by atoms with van der Waals surface area (Å²) in [6.45, 7) is 1.74. The predicted octanol–water partition coefficient (Wildman–Crippen LogP) is 7.50. The van der Waals surface area contributed by atoms with Crippen molar-refractivity contribution in [3.05, 3.63) is 113 Å². The molecule has 0 bridgehead atoms. The normalized spacial score (nSPS) is 31.2. The van der Waals surface area contributed by atoms with Gasteiger partial charge in [0.1, 0.15) is 6.10 Å². The molecule has 0 amide bonds. The first-order valence-electron chi connectivity index (χ1n) is 15.5. The fourth-order valence-corrected chi connectivity index (χ4v) is 8.09. The Labute approximate surface area is 257 Å². The van der Waals surface area contributed by atoms with E-state index in [1.807, 2.05) is 36.5 Å². The number of aromatic nitrogens is 1. The summed E-state index contributed by atoms with van der Waals surface area (Å²) in [5.74, 6) is 0.441. The van der Waals surface area contributed by atoms with Crippen molar-refractivity contribution in [3.63, 3.8) is 0 Å². The summed E-state index contributed by atoms with van der Waals surface area (Å²) in [6.07, 6.45) is 8.64. The van der Waals surface area contributed by atoms with E-state index < -0.39 is 11.4 Å². The van der Waals surface area contributed by atoms with Crippen LogP contribution in [0.3, 0.4) is 0 Å². The van der Waals surface area contributed by atoms with Gasteiger partial charge < -0.3 is 15.4 Å². The van der Waals surface area contributed by atoms with E-state index in [4.69, 9.17) is 26.1 Å². The minimum Gasteiger partial charge on any atom is -0.383 e. The molecule has 6 nitrogen and oxygen atoms in total. The number of halogens is 1. The number of benzene rings is 3. The van der Waals surface area contributed by atoms with E-state index in [-0.39, 0.29) is 6.10 Å². The van der Waals surface area contributed by atoms with Gasteiger partial charge in [-0.3, -0.25) is 4.98 Å². The molecular weight excluding hydrogens is 558 g/mol. The van der Waals surface area contributed by atoms with E-state index in [0.29, 0.717) is 22.9 Å². The van der Waals surface area contributed by atoms with Crippen LogP contribution in [0.15, 0.2) is 97.2 Å². The maximum Gasteiger partial charge on any atom is 0.202 e. The monoisotopic (exact) mass is 593 g/mol. The zero-order valence-electron chi connectivity index (χ0n) is 24.0. The van der Waals surface area contributed by atoms with Crippen LogP contribution in [0.4, 0.5) is 5.69 Å². The van der Waals surface area contributed by atoms with Crippen LogP contribution in [0, 0.1) is 11.8 Å². The maximum atomic E-state index is 6.96. The number of anilines is 1. The molecule has 2 unspecified atom stereocenters. The number of pyridine rings is 1. The number of nitrogens with zero attached hydrogens (tertiary/aromatic N) is 1. The molecule has 1 saturated heterocycles. The van der Waals surface area contributed by atoms with E-state index in [2.05, 4.69) is 76.3 Å². The van der Waals surface area contributed by atoms with Crippen molar-refractivity contribution in [1.29, 1.82) is 0 Å². The molecule has 2 N–H and O–H groups in total. The van der Waals surface area contributed by atoms with Gasteiger partial charge in [-0.2, -0.15) is 4.89 Å². The van der Waals surface area contributed by atoms with Crippen molar-refractivity contribution in [1.82, 2.24) is 10.3 Å². The standard InChI is InChI=1S/C36H36ClN3O3/c37-29-11-12-31-32(13-14-39-33(31)20-29)40-16-15-38-30-17-25-21-35(22-26(25)18-30)41-34-19-27(24-7-3-1-4-8-24)23-36(34,43-42-35)28-9-5-2-6-10-28/h1-14,19-20,25-26,30,34,38H,15-18,21-23H2,(H,39,40)/t25-,26+,30?,34-,35?,36-/m1/s1. The molecule has 2 heterocycles. The third kappa shape index (κ3) is 5.05. The van der Waals surface area contributed by atoms with E-state index in [0.717, 1.165) is 67.3 Å². The third-order valence-corrected chi connectivity index (χ3v) is 10.2. The largest absolute Gasteiger partial charge is 0.383 e. The van der Waals surface area contributed by atoms with Gasteiger partial charge >= 0.3 is 0 Å². The molecule has 7 heteroatoms. The molecule has 43 heavy (non-hydrogen) atoms. The van der Waals surface area contributed by atoms with Crippen LogP contribution in [-0.4, -0.2) is 36.0 Å². The van der Waals surface area contributed by atoms with Crippen molar-refractivity contribution in [2.75, 3.05) is 18.4 Å². The Morgan fingerprint density at radius 1 is 0.860 bits per heavy atom. The maximum absolute atomic E-state index is 6.96. The van der Waals surface area contributed by atoms with Crippen LogP contribution in [0.1, 0.15) is 43.2 Å². The van der Waals surface area contributed by atoms with Gasteiger partial charge in [-0.05, 0) is 71.7 Å². The zero-order valence-corrected chi connectivity index (χ0v) is 24.8. The third-order valence-electron chi connectivity index (χ3n) is 9.92. The van der Waals surface area contributed by atoms with Gasteiger partial charge in [0.05, 0.1) is 5.52 Å². The smallest absolute Gasteiger partial charge is 0.202 e.